The summed E-state index contributed by atoms with van der Waals surface area (Å²) in [5.41, 5.74) is 0. The van der Waals surface area contributed by atoms with Crippen LogP contribution in [0.4, 0.5) is 0 Å². The van der Waals surface area contributed by atoms with Crippen molar-refractivity contribution in [3.05, 3.63) is 24.3 Å². The quantitative estimate of drug-likeness (QED) is 0.0169. The first-order valence-electron chi connectivity index (χ1n) is 31.3. The Morgan fingerprint density at radius 3 is 1.02 bits per heavy atom. The summed E-state index contributed by atoms with van der Waals surface area (Å²) in [6.07, 6.45) is 37.6. The highest BCUT2D eigenvalue weighted by Crippen LogP contribution is 2.45. The Bertz CT molecular complexity index is 1670. The van der Waals surface area contributed by atoms with E-state index in [2.05, 4.69) is 65.8 Å². The number of hydrogen-bond donors (Lipinski definition) is 3. The molecule has 5 atom stereocenters. The summed E-state index contributed by atoms with van der Waals surface area (Å²) < 4.78 is 67.6. The van der Waals surface area contributed by atoms with E-state index in [0.717, 1.165) is 116 Å². The summed E-state index contributed by atoms with van der Waals surface area (Å²) in [6, 6.07) is 0. The smallest absolute Gasteiger partial charge is 0.462 e. The fourth-order valence-electron chi connectivity index (χ4n) is 8.46. The summed E-state index contributed by atoms with van der Waals surface area (Å²) in [6.45, 7) is 9.18. The minimum Gasteiger partial charge on any atom is -0.462 e. The minimum absolute atomic E-state index is 0.0836. The van der Waals surface area contributed by atoms with Crippen LogP contribution in [0.2, 0.25) is 0 Å². The van der Waals surface area contributed by atoms with Crippen molar-refractivity contribution in [3.63, 3.8) is 0 Å². The Hall–Kier alpha value is -2.46. The molecule has 0 aliphatic heterocycles. The number of aliphatic hydroxyl groups excluding tert-OH is 1. The molecule has 3 N–H and O–H groups in total. The highest BCUT2D eigenvalue weighted by Gasteiger charge is 2.30. The summed E-state index contributed by atoms with van der Waals surface area (Å²) in [5.74, 6) is -0.787. The molecule has 0 saturated heterocycles. The van der Waals surface area contributed by atoms with Gasteiger partial charge in [0.2, 0.25) is 0 Å². The largest absolute Gasteiger partial charge is 0.472 e. The SMILES string of the molecule is CCCCCC/C=C\C=C/CCCCCCCC(=O)O[C@H](COC(=O)CCCCCCCCCC(C)C)COP(=O)(O)OC[C@@H](O)COP(=O)(O)OC[C@@H](COC(=O)CCCCCCC)OC(=O)CCCCCCCCCC(C)C. The van der Waals surface area contributed by atoms with Gasteiger partial charge in [-0.1, -0.05) is 220 Å². The standard InChI is InChI=1S/C61H114O17P2/c1-7-9-11-13-14-15-16-17-18-19-20-21-26-33-39-45-60(65)78-57(50-72-59(64)44-38-32-27-22-24-30-35-41-53(3)4)52-76-80(69,70)74-48-55(62)47-73-79(67,68)75-51-56(49-71-58(63)43-37-29-12-10-8-2)77-61(66)46-40-34-28-23-25-31-36-42-54(5)6/h15-18,53-57,62H,7-14,19-52H2,1-6H3,(H,67,68)(H,69,70)/b16-15-,18-17-/t55-,56+,57+/m0/s1. The van der Waals surface area contributed by atoms with Crippen LogP contribution in [-0.4, -0.2) is 96.7 Å². The number of carbonyl (C=O) groups is 4. The van der Waals surface area contributed by atoms with Gasteiger partial charge in [-0.25, -0.2) is 9.13 Å². The number of carbonyl (C=O) groups excluding carboxylic acids is 4. The number of ether oxygens (including phenoxy) is 4. The molecule has 0 rings (SSSR count). The number of aliphatic hydroxyl groups is 1. The lowest BCUT2D eigenvalue weighted by atomic mass is 10.0. The van der Waals surface area contributed by atoms with E-state index >= 15 is 0 Å². The molecule has 0 aromatic heterocycles. The van der Waals surface area contributed by atoms with Gasteiger partial charge in [0.1, 0.15) is 19.3 Å². The first-order valence-corrected chi connectivity index (χ1v) is 34.3. The van der Waals surface area contributed by atoms with E-state index in [-0.39, 0.29) is 25.7 Å². The Balaban J connectivity index is 5.22. The van der Waals surface area contributed by atoms with E-state index in [1.165, 1.54) is 64.2 Å². The lowest BCUT2D eigenvalue weighted by molar-refractivity contribution is -0.161. The first kappa shape index (κ1) is 77.5. The average molecular weight is 1180 g/mol. The van der Waals surface area contributed by atoms with Crippen LogP contribution >= 0.6 is 15.6 Å². The molecule has 17 nitrogen and oxygen atoms in total. The molecule has 0 fully saturated rings. The molecular weight excluding hydrogens is 1070 g/mol. The average Bonchev–Trinajstić information content (AvgIpc) is 3.41. The van der Waals surface area contributed by atoms with Crippen LogP contribution in [0.25, 0.3) is 0 Å². The van der Waals surface area contributed by atoms with Gasteiger partial charge in [0.15, 0.2) is 12.2 Å². The number of allylic oxidation sites excluding steroid dienone is 4. The topological polar surface area (TPSA) is 237 Å². The van der Waals surface area contributed by atoms with Crippen LogP contribution in [0.1, 0.15) is 273 Å². The van der Waals surface area contributed by atoms with Gasteiger partial charge < -0.3 is 33.8 Å². The lowest BCUT2D eigenvalue weighted by Gasteiger charge is -2.21. The number of phosphoric ester groups is 2. The van der Waals surface area contributed by atoms with Gasteiger partial charge in [0, 0.05) is 25.7 Å². The molecule has 0 radical (unpaired) electrons. The predicted octanol–water partition coefficient (Wildman–Crippen LogP) is 16.0. The van der Waals surface area contributed by atoms with Gasteiger partial charge in [-0.15, -0.1) is 0 Å². The highest BCUT2D eigenvalue weighted by atomic mass is 31.2. The third kappa shape index (κ3) is 54.8. The lowest BCUT2D eigenvalue weighted by Crippen LogP contribution is -2.30. The summed E-state index contributed by atoms with van der Waals surface area (Å²) in [7, 11) is -9.88. The second-order valence-corrected chi connectivity index (χ2v) is 25.3. The molecule has 0 aromatic rings. The fraction of sp³-hybridized carbons (Fsp3) is 0.869. The zero-order chi connectivity index (χ0) is 59.4. The van der Waals surface area contributed by atoms with E-state index in [1.54, 1.807) is 0 Å². The Kier molecular flexibility index (Phi) is 51.6. The number of phosphoric acid groups is 2. The molecule has 19 heteroatoms. The van der Waals surface area contributed by atoms with E-state index < -0.39 is 97.5 Å². The molecule has 0 aliphatic carbocycles. The number of hydrogen-bond acceptors (Lipinski definition) is 15. The van der Waals surface area contributed by atoms with E-state index in [9.17, 15) is 43.2 Å². The van der Waals surface area contributed by atoms with Crippen molar-refractivity contribution in [2.24, 2.45) is 11.8 Å². The maximum Gasteiger partial charge on any atom is 0.472 e. The van der Waals surface area contributed by atoms with Crippen molar-refractivity contribution in [1.29, 1.82) is 0 Å². The van der Waals surface area contributed by atoms with Crippen molar-refractivity contribution in [3.8, 4) is 0 Å². The number of rotatable bonds is 58. The Morgan fingerprint density at radius 1 is 0.388 bits per heavy atom. The second-order valence-electron chi connectivity index (χ2n) is 22.4. The number of esters is 4. The molecule has 0 aliphatic rings. The molecule has 80 heavy (non-hydrogen) atoms. The zero-order valence-electron chi connectivity index (χ0n) is 50.8. The van der Waals surface area contributed by atoms with Crippen LogP contribution in [0.3, 0.4) is 0 Å². The maximum absolute atomic E-state index is 12.9. The summed E-state index contributed by atoms with van der Waals surface area (Å²) in [5, 5.41) is 10.5. The Morgan fingerprint density at radius 2 is 0.675 bits per heavy atom. The van der Waals surface area contributed by atoms with Crippen molar-refractivity contribution in [2.45, 2.75) is 291 Å². The van der Waals surface area contributed by atoms with Crippen LogP contribution in [-0.2, 0) is 65.4 Å². The molecule has 2 unspecified atom stereocenters. The first-order chi connectivity index (χ1) is 38.4. The summed E-state index contributed by atoms with van der Waals surface area (Å²) >= 11 is 0. The molecule has 0 saturated carbocycles. The normalized spacial score (nSPS) is 14.6. The van der Waals surface area contributed by atoms with Gasteiger partial charge in [0.05, 0.1) is 26.4 Å². The predicted molar refractivity (Wildman–Crippen MR) is 317 cm³/mol. The molecule has 0 spiro atoms. The third-order valence-corrected chi connectivity index (χ3v) is 15.2. The van der Waals surface area contributed by atoms with Crippen molar-refractivity contribution in [2.75, 3.05) is 39.6 Å². The second kappa shape index (κ2) is 53.3. The number of unbranched alkanes of at least 4 members (excludes halogenated alkanes) is 25. The molecule has 0 heterocycles. The van der Waals surface area contributed by atoms with Gasteiger partial charge >= 0.3 is 39.5 Å². The van der Waals surface area contributed by atoms with Crippen molar-refractivity contribution >= 4 is 39.5 Å². The monoisotopic (exact) mass is 1180 g/mol. The molecule has 470 valence electrons. The molecule has 0 amide bonds. The van der Waals surface area contributed by atoms with Crippen LogP contribution in [0.5, 0.6) is 0 Å². The van der Waals surface area contributed by atoms with Crippen LogP contribution in [0, 0.1) is 11.8 Å². The van der Waals surface area contributed by atoms with E-state index in [1.807, 2.05) is 0 Å². The molecule has 0 aromatic carbocycles. The minimum atomic E-state index is -4.95. The zero-order valence-corrected chi connectivity index (χ0v) is 52.6. The highest BCUT2D eigenvalue weighted by molar-refractivity contribution is 7.47. The van der Waals surface area contributed by atoms with Crippen LogP contribution in [0.15, 0.2) is 24.3 Å². The van der Waals surface area contributed by atoms with Gasteiger partial charge in [-0.05, 0) is 63.2 Å². The maximum atomic E-state index is 12.9. The third-order valence-electron chi connectivity index (χ3n) is 13.3. The summed E-state index contributed by atoms with van der Waals surface area (Å²) in [4.78, 5) is 71.8. The fourth-order valence-corrected chi connectivity index (χ4v) is 10.0. The Labute approximate surface area is 484 Å². The van der Waals surface area contributed by atoms with E-state index in [0.29, 0.717) is 37.5 Å². The van der Waals surface area contributed by atoms with Crippen LogP contribution < -0.4 is 0 Å². The van der Waals surface area contributed by atoms with Gasteiger partial charge in [0.25, 0.3) is 0 Å². The van der Waals surface area contributed by atoms with Crippen molar-refractivity contribution in [1.82, 2.24) is 0 Å². The van der Waals surface area contributed by atoms with E-state index in [4.69, 9.17) is 37.0 Å². The van der Waals surface area contributed by atoms with Gasteiger partial charge in [-0.2, -0.15) is 0 Å². The van der Waals surface area contributed by atoms with Gasteiger partial charge in [-0.3, -0.25) is 37.3 Å². The van der Waals surface area contributed by atoms with Crippen molar-refractivity contribution < 1.29 is 80.2 Å². The molecular formula is C61H114O17P2. The molecule has 0 bridgehead atoms.